The highest BCUT2D eigenvalue weighted by Gasteiger charge is 2.41. The maximum Gasteiger partial charge on any atom is 0.136 e. The lowest BCUT2D eigenvalue weighted by Crippen LogP contribution is -2.39. The molecule has 4 atom stereocenters. The highest BCUT2D eigenvalue weighted by atomic mass is 16.1. The summed E-state index contributed by atoms with van der Waals surface area (Å²) < 4.78 is 0. The van der Waals surface area contributed by atoms with Crippen LogP contribution < -0.4 is 0 Å². The number of allylic oxidation sites excluding steroid dienone is 1. The van der Waals surface area contributed by atoms with Crippen molar-refractivity contribution in [1.82, 2.24) is 0 Å². The fraction of sp³-hybridized carbons (Fsp3) is 0.786. The minimum atomic E-state index is 0.372. The molecule has 0 aromatic rings. The lowest BCUT2D eigenvalue weighted by atomic mass is 9.61. The molecule has 84 valence electrons. The summed E-state index contributed by atoms with van der Waals surface area (Å²) in [6, 6.07) is 0. The second-order valence-corrected chi connectivity index (χ2v) is 5.65. The fourth-order valence-electron chi connectivity index (χ4n) is 3.58. The topological polar surface area (TPSA) is 17.1 Å². The Balaban J connectivity index is 2.17. The van der Waals surface area contributed by atoms with Crippen molar-refractivity contribution in [2.75, 3.05) is 0 Å². The Kier molecular flexibility index (Phi) is 2.99. The van der Waals surface area contributed by atoms with Gasteiger partial charge in [-0.15, -0.1) is 0 Å². The zero-order valence-electron chi connectivity index (χ0n) is 9.96. The molecule has 0 saturated heterocycles. The molecule has 2 saturated carbocycles. The van der Waals surface area contributed by atoms with Crippen LogP contribution >= 0.6 is 0 Å². The van der Waals surface area contributed by atoms with Crippen LogP contribution in [0.4, 0.5) is 0 Å². The smallest absolute Gasteiger partial charge is 0.136 e. The van der Waals surface area contributed by atoms with Crippen molar-refractivity contribution in [2.45, 2.75) is 46.0 Å². The number of ketones is 1. The lowest BCUT2D eigenvalue weighted by Gasteiger charge is -2.42. The minimum Gasteiger partial charge on any atom is -0.299 e. The lowest BCUT2D eigenvalue weighted by molar-refractivity contribution is -0.130. The first-order valence-electron chi connectivity index (χ1n) is 6.27. The standard InChI is InChI=1S/C14H22O/c1-9(2)11-6-7-14(15)12-5-4-10(3)8-13(11)12/h10-13H,1,4-8H2,2-3H3/t10-,11-,12-,13-/m0/s1. The summed E-state index contributed by atoms with van der Waals surface area (Å²) in [5, 5.41) is 0. The average Bonchev–Trinajstić information content (AvgIpc) is 2.17. The minimum absolute atomic E-state index is 0.372. The van der Waals surface area contributed by atoms with E-state index in [9.17, 15) is 4.79 Å². The highest BCUT2D eigenvalue weighted by molar-refractivity contribution is 5.82. The van der Waals surface area contributed by atoms with Gasteiger partial charge in [0.2, 0.25) is 0 Å². The molecule has 2 aliphatic rings. The van der Waals surface area contributed by atoms with E-state index in [2.05, 4.69) is 20.4 Å². The first-order valence-corrected chi connectivity index (χ1v) is 6.27. The maximum atomic E-state index is 11.9. The summed E-state index contributed by atoms with van der Waals surface area (Å²) >= 11 is 0. The third-order valence-electron chi connectivity index (χ3n) is 4.43. The number of hydrogen-bond donors (Lipinski definition) is 0. The third kappa shape index (κ3) is 2.02. The molecule has 0 unspecified atom stereocenters. The van der Waals surface area contributed by atoms with Crippen LogP contribution in [0.25, 0.3) is 0 Å². The van der Waals surface area contributed by atoms with Gasteiger partial charge in [-0.2, -0.15) is 0 Å². The average molecular weight is 206 g/mol. The summed E-state index contributed by atoms with van der Waals surface area (Å²) in [4.78, 5) is 11.9. The van der Waals surface area contributed by atoms with Gasteiger partial charge in [-0.25, -0.2) is 0 Å². The van der Waals surface area contributed by atoms with Crippen LogP contribution in [0.1, 0.15) is 46.0 Å². The van der Waals surface area contributed by atoms with Crippen molar-refractivity contribution in [3.63, 3.8) is 0 Å². The molecule has 0 aliphatic heterocycles. The zero-order valence-corrected chi connectivity index (χ0v) is 9.96. The second kappa shape index (κ2) is 4.11. The molecule has 1 nitrogen and oxygen atoms in total. The molecular formula is C14H22O. The van der Waals surface area contributed by atoms with Gasteiger partial charge >= 0.3 is 0 Å². The largest absolute Gasteiger partial charge is 0.299 e. The maximum absolute atomic E-state index is 11.9. The SMILES string of the molecule is C=C(C)[C@@H]1CCC(=O)[C@H]2CC[C@H](C)C[C@H]21. The molecule has 0 aromatic carbocycles. The molecule has 0 aromatic heterocycles. The summed E-state index contributed by atoms with van der Waals surface area (Å²) in [6.45, 7) is 8.57. The van der Waals surface area contributed by atoms with Crippen LogP contribution in [0.5, 0.6) is 0 Å². The third-order valence-corrected chi connectivity index (χ3v) is 4.43. The Morgan fingerprint density at radius 3 is 2.73 bits per heavy atom. The summed E-state index contributed by atoms with van der Waals surface area (Å²) in [5.74, 6) is 2.95. The predicted octanol–water partition coefficient (Wildman–Crippen LogP) is 3.59. The van der Waals surface area contributed by atoms with Crippen molar-refractivity contribution in [3.8, 4) is 0 Å². The van der Waals surface area contributed by atoms with Gasteiger partial charge in [0.1, 0.15) is 5.78 Å². The van der Waals surface area contributed by atoms with Gasteiger partial charge in [-0.1, -0.05) is 25.5 Å². The van der Waals surface area contributed by atoms with Crippen molar-refractivity contribution in [2.24, 2.45) is 23.7 Å². The summed E-state index contributed by atoms with van der Waals surface area (Å²) in [6.07, 6.45) is 5.48. The normalized spacial score (nSPS) is 41.1. The van der Waals surface area contributed by atoms with E-state index >= 15 is 0 Å². The van der Waals surface area contributed by atoms with E-state index in [0.29, 0.717) is 23.5 Å². The molecule has 0 radical (unpaired) electrons. The zero-order chi connectivity index (χ0) is 11.0. The monoisotopic (exact) mass is 206 g/mol. The van der Waals surface area contributed by atoms with E-state index in [1.165, 1.54) is 18.4 Å². The van der Waals surface area contributed by atoms with E-state index in [0.717, 1.165) is 25.2 Å². The summed E-state index contributed by atoms with van der Waals surface area (Å²) in [7, 11) is 0. The van der Waals surface area contributed by atoms with E-state index in [-0.39, 0.29) is 0 Å². The number of rotatable bonds is 1. The molecule has 0 amide bonds. The molecule has 0 spiro atoms. The quantitative estimate of drug-likeness (QED) is 0.599. The Bertz CT molecular complexity index is 277. The van der Waals surface area contributed by atoms with Crippen LogP contribution in [0, 0.1) is 23.7 Å². The van der Waals surface area contributed by atoms with Crippen LogP contribution in [-0.2, 0) is 4.79 Å². The van der Waals surface area contributed by atoms with Gasteiger partial charge in [-0.3, -0.25) is 4.79 Å². The van der Waals surface area contributed by atoms with Gasteiger partial charge in [0, 0.05) is 12.3 Å². The number of carbonyl (C=O) groups is 1. The van der Waals surface area contributed by atoms with Gasteiger partial charge in [0.25, 0.3) is 0 Å². The van der Waals surface area contributed by atoms with Crippen LogP contribution in [-0.4, -0.2) is 5.78 Å². The van der Waals surface area contributed by atoms with Crippen molar-refractivity contribution in [3.05, 3.63) is 12.2 Å². The molecule has 0 N–H and O–H groups in total. The Hall–Kier alpha value is -0.590. The van der Waals surface area contributed by atoms with Gasteiger partial charge in [-0.05, 0) is 43.9 Å². The number of carbonyl (C=O) groups excluding carboxylic acids is 1. The van der Waals surface area contributed by atoms with Gasteiger partial charge in [0.15, 0.2) is 0 Å². The Morgan fingerprint density at radius 2 is 2.07 bits per heavy atom. The molecule has 2 fully saturated rings. The molecule has 2 aliphatic carbocycles. The van der Waals surface area contributed by atoms with Crippen LogP contribution in [0.3, 0.4) is 0 Å². The second-order valence-electron chi connectivity index (χ2n) is 5.65. The predicted molar refractivity (Wildman–Crippen MR) is 62.5 cm³/mol. The van der Waals surface area contributed by atoms with Crippen molar-refractivity contribution >= 4 is 5.78 Å². The van der Waals surface area contributed by atoms with Crippen LogP contribution in [0.2, 0.25) is 0 Å². The van der Waals surface area contributed by atoms with E-state index in [1.807, 2.05) is 0 Å². The molecule has 0 bridgehead atoms. The number of Topliss-reactive ketones (excluding diaryl/α,β-unsaturated/α-hetero) is 1. The molecule has 0 heterocycles. The van der Waals surface area contributed by atoms with Crippen molar-refractivity contribution in [1.29, 1.82) is 0 Å². The fourth-order valence-corrected chi connectivity index (χ4v) is 3.58. The van der Waals surface area contributed by atoms with Gasteiger partial charge < -0.3 is 0 Å². The molecular weight excluding hydrogens is 184 g/mol. The highest BCUT2D eigenvalue weighted by Crippen LogP contribution is 2.46. The van der Waals surface area contributed by atoms with E-state index in [1.54, 1.807) is 0 Å². The Morgan fingerprint density at radius 1 is 1.33 bits per heavy atom. The first-order chi connectivity index (χ1) is 7.09. The van der Waals surface area contributed by atoms with E-state index < -0.39 is 0 Å². The molecule has 1 heteroatoms. The Labute approximate surface area is 92.9 Å². The summed E-state index contributed by atoms with van der Waals surface area (Å²) in [5.41, 5.74) is 1.30. The van der Waals surface area contributed by atoms with Crippen molar-refractivity contribution < 1.29 is 4.79 Å². The first kappa shape index (κ1) is 10.9. The van der Waals surface area contributed by atoms with Gasteiger partial charge in [0.05, 0.1) is 0 Å². The van der Waals surface area contributed by atoms with Crippen LogP contribution in [0.15, 0.2) is 12.2 Å². The number of hydrogen-bond acceptors (Lipinski definition) is 1. The number of fused-ring (bicyclic) bond motifs is 1. The van der Waals surface area contributed by atoms with E-state index in [4.69, 9.17) is 0 Å². The molecule has 15 heavy (non-hydrogen) atoms. The molecule has 2 rings (SSSR count).